The highest BCUT2D eigenvalue weighted by Gasteiger charge is 2.18. The van der Waals surface area contributed by atoms with Gasteiger partial charge in [0.25, 0.3) is 5.91 Å². The molecule has 0 fully saturated rings. The maximum atomic E-state index is 12.6. The molecule has 0 saturated heterocycles. The van der Waals surface area contributed by atoms with Crippen molar-refractivity contribution in [1.29, 1.82) is 0 Å². The average Bonchev–Trinajstić information content (AvgIpc) is 3.07. The Labute approximate surface area is 166 Å². The van der Waals surface area contributed by atoms with Crippen LogP contribution < -0.4 is 10.1 Å². The number of nitrogens with zero attached hydrogens (tertiary/aromatic N) is 1. The Hall–Kier alpha value is -3.19. The van der Waals surface area contributed by atoms with Gasteiger partial charge in [0, 0.05) is 11.3 Å². The molecular weight excluding hydrogens is 376 g/mol. The first-order valence-electron chi connectivity index (χ1n) is 8.84. The van der Waals surface area contributed by atoms with Gasteiger partial charge in [0.05, 0.1) is 11.9 Å². The normalized spacial score (nSPS) is 10.5. The first kappa shape index (κ1) is 19.6. The van der Waals surface area contributed by atoms with Gasteiger partial charge in [-0.25, -0.2) is 4.79 Å². The lowest BCUT2D eigenvalue weighted by atomic mass is 10.1. The molecule has 28 heavy (non-hydrogen) atoms. The molecule has 0 unspecified atom stereocenters. The Morgan fingerprint density at radius 2 is 1.93 bits per heavy atom. The monoisotopic (exact) mass is 396 g/mol. The highest BCUT2D eigenvalue weighted by molar-refractivity contribution is 7.16. The zero-order valence-electron chi connectivity index (χ0n) is 15.6. The van der Waals surface area contributed by atoms with Crippen molar-refractivity contribution in [2.24, 2.45) is 0 Å². The zero-order chi connectivity index (χ0) is 20.1. The van der Waals surface area contributed by atoms with E-state index in [1.54, 1.807) is 30.5 Å². The predicted octanol–water partition coefficient (Wildman–Crippen LogP) is 5.15. The summed E-state index contributed by atoms with van der Waals surface area (Å²) in [5.41, 5.74) is 2.81. The number of thiophene rings is 1. The molecule has 144 valence electrons. The third kappa shape index (κ3) is 4.75. The molecule has 0 spiro atoms. The fraction of sp³-hybridized carbons (Fsp3) is 0.190. The Morgan fingerprint density at radius 1 is 1.18 bits per heavy atom. The van der Waals surface area contributed by atoms with Crippen LogP contribution in [0, 0.1) is 6.92 Å². The van der Waals surface area contributed by atoms with Crippen LogP contribution >= 0.6 is 11.3 Å². The molecule has 3 rings (SSSR count). The molecule has 0 radical (unpaired) electrons. The van der Waals surface area contributed by atoms with Gasteiger partial charge >= 0.3 is 5.97 Å². The summed E-state index contributed by atoms with van der Waals surface area (Å²) >= 11 is 0.949. The second-order valence-electron chi connectivity index (χ2n) is 6.26. The summed E-state index contributed by atoms with van der Waals surface area (Å²) in [4.78, 5) is 28.2. The Balaban J connectivity index is 1.82. The Kier molecular flexibility index (Phi) is 6.06. The van der Waals surface area contributed by atoms with Gasteiger partial charge in [-0.3, -0.25) is 9.78 Å². The van der Waals surface area contributed by atoms with E-state index in [0.717, 1.165) is 29.9 Å². The molecule has 1 amide bonds. The number of carbonyl (C=O) groups is 2. The van der Waals surface area contributed by atoms with Gasteiger partial charge in [0.2, 0.25) is 5.06 Å². The van der Waals surface area contributed by atoms with Gasteiger partial charge in [-0.1, -0.05) is 36.8 Å². The molecule has 2 aromatic heterocycles. The lowest BCUT2D eigenvalue weighted by molar-refractivity contribution is 0.0701. The quantitative estimate of drug-likeness (QED) is 0.577. The third-order valence-electron chi connectivity index (χ3n) is 4.01. The molecule has 0 aliphatic rings. The Morgan fingerprint density at radius 3 is 2.54 bits per heavy atom. The van der Waals surface area contributed by atoms with Crippen molar-refractivity contribution in [1.82, 2.24) is 4.98 Å². The van der Waals surface area contributed by atoms with Gasteiger partial charge in [-0.2, -0.15) is 0 Å². The second kappa shape index (κ2) is 8.67. The molecular formula is C21H20N2O4S. The van der Waals surface area contributed by atoms with Crippen molar-refractivity contribution in [3.63, 3.8) is 0 Å². The number of nitrogens with one attached hydrogen (secondary N) is 1. The molecule has 0 bridgehead atoms. The number of hydrogen-bond donors (Lipinski definition) is 2. The third-order valence-corrected chi connectivity index (χ3v) is 5.01. The van der Waals surface area contributed by atoms with Crippen LogP contribution in [0.4, 0.5) is 5.69 Å². The minimum Gasteiger partial charge on any atom is -0.477 e. The molecule has 3 aromatic rings. The first-order valence-corrected chi connectivity index (χ1v) is 9.66. The van der Waals surface area contributed by atoms with Crippen LogP contribution in [-0.4, -0.2) is 22.0 Å². The van der Waals surface area contributed by atoms with Crippen LogP contribution in [0.2, 0.25) is 0 Å². The van der Waals surface area contributed by atoms with Crippen molar-refractivity contribution in [2.45, 2.75) is 26.7 Å². The highest BCUT2D eigenvalue weighted by atomic mass is 32.1. The number of ether oxygens (including phenoxy) is 1. The molecule has 2 heterocycles. The van der Waals surface area contributed by atoms with Crippen molar-refractivity contribution in [2.75, 3.05) is 5.32 Å². The molecule has 6 nitrogen and oxygen atoms in total. The molecule has 1 aromatic carbocycles. The van der Waals surface area contributed by atoms with E-state index in [-0.39, 0.29) is 10.8 Å². The minimum atomic E-state index is -1.08. The van der Waals surface area contributed by atoms with Gasteiger partial charge in [0.15, 0.2) is 0 Å². The van der Waals surface area contributed by atoms with Gasteiger partial charge in [-0.15, -0.1) is 0 Å². The lowest BCUT2D eigenvalue weighted by Crippen LogP contribution is -2.12. The number of aromatic nitrogens is 1. The summed E-state index contributed by atoms with van der Waals surface area (Å²) in [5, 5.41) is 12.3. The van der Waals surface area contributed by atoms with Crippen molar-refractivity contribution in [3.8, 4) is 10.8 Å². The van der Waals surface area contributed by atoms with Crippen LogP contribution in [0.1, 0.15) is 44.6 Å². The van der Waals surface area contributed by atoms with E-state index in [0.29, 0.717) is 22.1 Å². The summed E-state index contributed by atoms with van der Waals surface area (Å²) in [6.45, 7) is 3.96. The number of aromatic carboxylic acids is 1. The number of rotatable bonds is 7. The maximum absolute atomic E-state index is 12.6. The van der Waals surface area contributed by atoms with E-state index in [9.17, 15) is 14.7 Å². The smallest absolute Gasteiger partial charge is 0.346 e. The number of pyridine rings is 1. The number of benzene rings is 1. The standard InChI is InChI=1S/C21H20N2O4S/c1-3-4-14-6-8-15(9-7-14)19(24)23-17-11-18(20(25)26)28-21(17)27-16-10-5-13(2)22-12-16/h5-12H,3-4H2,1-2H3,(H,23,24)(H,25,26). The number of carboxylic acids is 1. The molecule has 0 saturated carbocycles. The average molecular weight is 396 g/mol. The van der Waals surface area contributed by atoms with Crippen LogP contribution in [-0.2, 0) is 6.42 Å². The number of hydrogen-bond acceptors (Lipinski definition) is 5. The van der Waals surface area contributed by atoms with E-state index in [1.807, 2.05) is 19.1 Å². The van der Waals surface area contributed by atoms with E-state index in [1.165, 1.54) is 11.6 Å². The summed E-state index contributed by atoms with van der Waals surface area (Å²) in [6.07, 6.45) is 3.54. The van der Waals surface area contributed by atoms with E-state index >= 15 is 0 Å². The van der Waals surface area contributed by atoms with Crippen LogP contribution in [0.5, 0.6) is 10.8 Å². The van der Waals surface area contributed by atoms with E-state index < -0.39 is 5.97 Å². The number of carbonyl (C=O) groups excluding carboxylic acids is 1. The molecule has 0 aliphatic heterocycles. The SMILES string of the molecule is CCCc1ccc(C(=O)Nc2cc(C(=O)O)sc2Oc2ccc(C)nc2)cc1. The molecule has 7 heteroatoms. The van der Waals surface area contributed by atoms with Crippen LogP contribution in [0.25, 0.3) is 0 Å². The first-order chi connectivity index (χ1) is 13.5. The van der Waals surface area contributed by atoms with Crippen LogP contribution in [0.3, 0.4) is 0 Å². The van der Waals surface area contributed by atoms with Crippen molar-refractivity contribution >= 4 is 28.9 Å². The van der Waals surface area contributed by atoms with Gasteiger partial charge in [0.1, 0.15) is 10.6 Å². The topological polar surface area (TPSA) is 88.5 Å². The maximum Gasteiger partial charge on any atom is 0.346 e. The number of carboxylic acid groups (broad SMARTS) is 1. The van der Waals surface area contributed by atoms with E-state index in [2.05, 4.69) is 17.2 Å². The highest BCUT2D eigenvalue weighted by Crippen LogP contribution is 2.38. The summed E-state index contributed by atoms with van der Waals surface area (Å²) < 4.78 is 5.76. The van der Waals surface area contributed by atoms with Crippen molar-refractivity contribution < 1.29 is 19.4 Å². The van der Waals surface area contributed by atoms with Gasteiger partial charge < -0.3 is 15.2 Å². The van der Waals surface area contributed by atoms with E-state index in [4.69, 9.17) is 4.74 Å². The van der Waals surface area contributed by atoms with Crippen LogP contribution in [0.15, 0.2) is 48.7 Å². The zero-order valence-corrected chi connectivity index (χ0v) is 16.4. The minimum absolute atomic E-state index is 0.0728. The second-order valence-corrected chi connectivity index (χ2v) is 7.27. The molecule has 0 aliphatic carbocycles. The summed E-state index contributed by atoms with van der Waals surface area (Å²) in [5.74, 6) is -0.949. The number of aryl methyl sites for hydroxylation is 2. The summed E-state index contributed by atoms with van der Waals surface area (Å²) in [6, 6.07) is 12.3. The largest absolute Gasteiger partial charge is 0.477 e. The fourth-order valence-corrected chi connectivity index (χ4v) is 3.39. The predicted molar refractivity (Wildman–Crippen MR) is 109 cm³/mol. The van der Waals surface area contributed by atoms with Crippen molar-refractivity contribution in [3.05, 3.63) is 70.4 Å². The Bertz CT molecular complexity index is 979. The lowest BCUT2D eigenvalue weighted by Gasteiger charge is -2.08. The summed E-state index contributed by atoms with van der Waals surface area (Å²) in [7, 11) is 0. The fourth-order valence-electron chi connectivity index (χ4n) is 2.57. The van der Waals surface area contributed by atoms with Gasteiger partial charge in [-0.05, 0) is 49.2 Å². The molecule has 0 atom stereocenters. The number of amides is 1. The molecule has 2 N–H and O–H groups in total. The number of anilines is 1.